The Labute approximate surface area is 105 Å². The molecule has 0 radical (unpaired) electrons. The lowest BCUT2D eigenvalue weighted by atomic mass is 9.98. The standard InChI is InChI=1S/C14H14O4/c1-10(15)18-12-7-8-17-14(16)13(9-12)11-5-3-2-4-6-11/h2-6,9,13H,7-8H2,1H3. The number of benzene rings is 1. The minimum absolute atomic E-state index is 0.237. The molecule has 0 bridgehead atoms. The Hall–Kier alpha value is -2.10. The van der Waals surface area contributed by atoms with Crippen molar-refractivity contribution in [2.75, 3.05) is 6.61 Å². The fraction of sp³-hybridized carbons (Fsp3) is 0.286. The SMILES string of the molecule is CC(=O)OC1=CC(c2ccccc2)C(=O)OCC1. The van der Waals surface area contributed by atoms with Crippen LogP contribution in [0.4, 0.5) is 0 Å². The second-order valence-corrected chi connectivity index (χ2v) is 4.03. The van der Waals surface area contributed by atoms with E-state index in [4.69, 9.17) is 9.47 Å². The quantitative estimate of drug-likeness (QED) is 0.750. The van der Waals surface area contributed by atoms with E-state index in [9.17, 15) is 9.59 Å². The Morgan fingerprint density at radius 3 is 2.72 bits per heavy atom. The van der Waals surface area contributed by atoms with Gasteiger partial charge in [0.15, 0.2) is 0 Å². The van der Waals surface area contributed by atoms with Gasteiger partial charge in [-0.15, -0.1) is 0 Å². The molecular weight excluding hydrogens is 232 g/mol. The molecule has 0 aromatic heterocycles. The highest BCUT2D eigenvalue weighted by Gasteiger charge is 2.24. The normalized spacial score (nSPS) is 19.5. The summed E-state index contributed by atoms with van der Waals surface area (Å²) < 4.78 is 10.2. The van der Waals surface area contributed by atoms with Crippen LogP contribution in [0.2, 0.25) is 0 Å². The highest BCUT2D eigenvalue weighted by Crippen LogP contribution is 2.25. The Morgan fingerprint density at radius 1 is 1.33 bits per heavy atom. The van der Waals surface area contributed by atoms with Crippen LogP contribution in [0, 0.1) is 0 Å². The molecule has 1 aromatic rings. The van der Waals surface area contributed by atoms with Gasteiger partial charge in [0.05, 0.1) is 6.61 Å². The summed E-state index contributed by atoms with van der Waals surface area (Å²) in [5.41, 5.74) is 0.828. The van der Waals surface area contributed by atoms with Gasteiger partial charge in [-0.1, -0.05) is 30.3 Å². The summed E-state index contributed by atoms with van der Waals surface area (Å²) in [5.74, 6) is -0.726. The molecule has 1 aliphatic rings. The molecule has 4 heteroatoms. The van der Waals surface area contributed by atoms with Crippen LogP contribution in [0.3, 0.4) is 0 Å². The minimum atomic E-state index is -0.511. The third kappa shape index (κ3) is 2.97. The Bertz CT molecular complexity index is 476. The molecule has 18 heavy (non-hydrogen) atoms. The second-order valence-electron chi connectivity index (χ2n) is 4.03. The van der Waals surface area contributed by atoms with Crippen molar-refractivity contribution in [3.05, 3.63) is 47.7 Å². The zero-order chi connectivity index (χ0) is 13.0. The zero-order valence-corrected chi connectivity index (χ0v) is 10.1. The first-order chi connectivity index (χ1) is 8.66. The molecule has 1 aliphatic heterocycles. The lowest BCUT2D eigenvalue weighted by Crippen LogP contribution is -2.12. The first kappa shape index (κ1) is 12.4. The molecule has 0 fully saturated rings. The molecule has 0 amide bonds. The molecule has 0 aliphatic carbocycles. The third-order valence-electron chi connectivity index (χ3n) is 2.63. The van der Waals surface area contributed by atoms with Gasteiger partial charge in [-0.2, -0.15) is 0 Å². The number of esters is 2. The molecule has 1 atom stereocenters. The van der Waals surface area contributed by atoms with Crippen LogP contribution >= 0.6 is 0 Å². The van der Waals surface area contributed by atoms with Gasteiger partial charge in [-0.3, -0.25) is 9.59 Å². The van der Waals surface area contributed by atoms with Crippen molar-refractivity contribution in [2.24, 2.45) is 0 Å². The number of rotatable bonds is 2. The summed E-state index contributed by atoms with van der Waals surface area (Å²) in [6, 6.07) is 9.28. The van der Waals surface area contributed by atoms with E-state index in [0.717, 1.165) is 5.56 Å². The molecule has 1 unspecified atom stereocenters. The molecule has 4 nitrogen and oxygen atoms in total. The van der Waals surface area contributed by atoms with E-state index in [2.05, 4.69) is 0 Å². The van der Waals surface area contributed by atoms with Crippen LogP contribution in [0.25, 0.3) is 0 Å². The maximum absolute atomic E-state index is 11.8. The minimum Gasteiger partial charge on any atom is -0.465 e. The predicted octanol–water partition coefficient (Wildman–Crippen LogP) is 2.16. The van der Waals surface area contributed by atoms with Crippen molar-refractivity contribution in [2.45, 2.75) is 19.3 Å². The van der Waals surface area contributed by atoms with Crippen molar-refractivity contribution >= 4 is 11.9 Å². The smallest absolute Gasteiger partial charge is 0.317 e. The fourth-order valence-electron chi connectivity index (χ4n) is 1.84. The predicted molar refractivity (Wildman–Crippen MR) is 64.6 cm³/mol. The number of carbonyl (C=O) groups is 2. The lowest BCUT2D eigenvalue weighted by Gasteiger charge is -2.10. The fourth-order valence-corrected chi connectivity index (χ4v) is 1.84. The number of hydrogen-bond donors (Lipinski definition) is 0. The van der Waals surface area contributed by atoms with Gasteiger partial charge in [-0.25, -0.2) is 0 Å². The van der Waals surface area contributed by atoms with Crippen LogP contribution < -0.4 is 0 Å². The molecule has 1 aromatic carbocycles. The van der Waals surface area contributed by atoms with E-state index >= 15 is 0 Å². The van der Waals surface area contributed by atoms with Gasteiger partial charge in [0.2, 0.25) is 0 Å². The van der Waals surface area contributed by atoms with E-state index in [0.29, 0.717) is 12.2 Å². The summed E-state index contributed by atoms with van der Waals surface area (Å²) in [6.45, 7) is 1.58. The van der Waals surface area contributed by atoms with E-state index in [-0.39, 0.29) is 18.5 Å². The Kier molecular flexibility index (Phi) is 3.77. The summed E-state index contributed by atoms with van der Waals surface area (Å²) in [7, 11) is 0. The van der Waals surface area contributed by atoms with E-state index in [1.165, 1.54) is 6.92 Å². The maximum atomic E-state index is 11.8. The van der Waals surface area contributed by atoms with Gasteiger partial charge < -0.3 is 9.47 Å². The molecular formula is C14H14O4. The molecule has 1 heterocycles. The number of ether oxygens (including phenoxy) is 2. The van der Waals surface area contributed by atoms with Crippen LogP contribution in [-0.2, 0) is 19.1 Å². The Morgan fingerprint density at radius 2 is 2.06 bits per heavy atom. The van der Waals surface area contributed by atoms with E-state index < -0.39 is 5.92 Å². The summed E-state index contributed by atoms with van der Waals surface area (Å²) in [6.07, 6.45) is 2.08. The van der Waals surface area contributed by atoms with Crippen molar-refractivity contribution < 1.29 is 19.1 Å². The van der Waals surface area contributed by atoms with Crippen LogP contribution in [0.1, 0.15) is 24.8 Å². The summed E-state index contributed by atoms with van der Waals surface area (Å²) >= 11 is 0. The second kappa shape index (κ2) is 5.49. The van der Waals surface area contributed by atoms with Crippen LogP contribution in [0.5, 0.6) is 0 Å². The number of carbonyl (C=O) groups excluding carboxylic acids is 2. The monoisotopic (exact) mass is 246 g/mol. The molecule has 94 valence electrons. The van der Waals surface area contributed by atoms with Crippen molar-refractivity contribution in [3.63, 3.8) is 0 Å². The highest BCUT2D eigenvalue weighted by molar-refractivity contribution is 5.81. The summed E-state index contributed by atoms with van der Waals surface area (Å²) in [4.78, 5) is 22.8. The molecule has 0 saturated heterocycles. The zero-order valence-electron chi connectivity index (χ0n) is 10.1. The number of hydrogen-bond acceptors (Lipinski definition) is 4. The van der Waals surface area contributed by atoms with E-state index in [1.54, 1.807) is 6.08 Å². The summed E-state index contributed by atoms with van der Waals surface area (Å²) in [5, 5.41) is 0. The van der Waals surface area contributed by atoms with Crippen molar-refractivity contribution in [3.8, 4) is 0 Å². The van der Waals surface area contributed by atoms with Gasteiger partial charge in [0.25, 0.3) is 0 Å². The third-order valence-corrected chi connectivity index (χ3v) is 2.63. The average Bonchev–Trinajstić information content (AvgIpc) is 2.52. The van der Waals surface area contributed by atoms with Gasteiger partial charge in [-0.05, 0) is 11.6 Å². The average molecular weight is 246 g/mol. The first-order valence-electron chi connectivity index (χ1n) is 5.77. The largest absolute Gasteiger partial charge is 0.465 e. The van der Waals surface area contributed by atoms with Gasteiger partial charge >= 0.3 is 11.9 Å². The van der Waals surface area contributed by atoms with Gasteiger partial charge in [0, 0.05) is 13.3 Å². The molecule has 0 saturated carbocycles. The molecule has 0 spiro atoms. The Balaban J connectivity index is 2.29. The van der Waals surface area contributed by atoms with E-state index in [1.807, 2.05) is 30.3 Å². The van der Waals surface area contributed by atoms with Gasteiger partial charge in [0.1, 0.15) is 11.7 Å². The van der Waals surface area contributed by atoms with Crippen molar-refractivity contribution in [1.29, 1.82) is 0 Å². The molecule has 2 rings (SSSR count). The van der Waals surface area contributed by atoms with Crippen LogP contribution in [0.15, 0.2) is 42.2 Å². The first-order valence-corrected chi connectivity index (χ1v) is 5.77. The number of cyclic esters (lactones) is 1. The van der Waals surface area contributed by atoms with Crippen LogP contribution in [-0.4, -0.2) is 18.5 Å². The topological polar surface area (TPSA) is 52.6 Å². The maximum Gasteiger partial charge on any atom is 0.317 e. The molecule has 0 N–H and O–H groups in total. The lowest BCUT2D eigenvalue weighted by molar-refractivity contribution is -0.143. The van der Waals surface area contributed by atoms with Crippen molar-refractivity contribution in [1.82, 2.24) is 0 Å². The highest BCUT2D eigenvalue weighted by atomic mass is 16.5.